The van der Waals surface area contributed by atoms with E-state index in [2.05, 4.69) is 20.6 Å². The molecular formula is C17H15FN4O. The van der Waals surface area contributed by atoms with Gasteiger partial charge >= 0.3 is 0 Å². The van der Waals surface area contributed by atoms with Crippen molar-refractivity contribution < 1.29 is 9.50 Å². The number of hydrogen-bond donors (Lipinski definition) is 3. The molecule has 0 unspecified atom stereocenters. The third kappa shape index (κ3) is 3.74. The largest absolute Gasteiger partial charge is 0.508 e. The van der Waals surface area contributed by atoms with Crippen molar-refractivity contribution in [2.75, 3.05) is 10.6 Å². The second kappa shape index (κ2) is 6.31. The van der Waals surface area contributed by atoms with Crippen LogP contribution in [0.5, 0.6) is 5.75 Å². The van der Waals surface area contributed by atoms with Crippen LogP contribution in [0.15, 0.2) is 54.7 Å². The Bertz CT molecular complexity index is 821. The van der Waals surface area contributed by atoms with Crippen LogP contribution in [0.25, 0.3) is 0 Å². The third-order valence-corrected chi connectivity index (χ3v) is 3.15. The predicted molar refractivity (Wildman–Crippen MR) is 87.8 cm³/mol. The summed E-state index contributed by atoms with van der Waals surface area (Å²) in [7, 11) is 0. The van der Waals surface area contributed by atoms with Gasteiger partial charge in [0.2, 0.25) is 5.95 Å². The molecule has 0 amide bonds. The van der Waals surface area contributed by atoms with Gasteiger partial charge in [0.25, 0.3) is 0 Å². The number of halogens is 1. The minimum Gasteiger partial charge on any atom is -0.508 e. The minimum atomic E-state index is -0.539. The topological polar surface area (TPSA) is 70.1 Å². The number of aromatic nitrogens is 2. The maximum absolute atomic E-state index is 13.9. The Balaban J connectivity index is 1.82. The average Bonchev–Trinajstić information content (AvgIpc) is 2.53. The van der Waals surface area contributed by atoms with E-state index in [-0.39, 0.29) is 17.5 Å². The van der Waals surface area contributed by atoms with Crippen LogP contribution < -0.4 is 10.6 Å². The molecule has 23 heavy (non-hydrogen) atoms. The smallest absolute Gasteiger partial charge is 0.229 e. The van der Waals surface area contributed by atoms with Crippen molar-refractivity contribution in [1.82, 2.24) is 9.97 Å². The van der Waals surface area contributed by atoms with Gasteiger partial charge < -0.3 is 15.7 Å². The van der Waals surface area contributed by atoms with E-state index >= 15 is 0 Å². The summed E-state index contributed by atoms with van der Waals surface area (Å²) in [5, 5.41) is 15.2. The van der Waals surface area contributed by atoms with Crippen molar-refractivity contribution in [2.24, 2.45) is 0 Å². The lowest BCUT2D eigenvalue weighted by Gasteiger charge is -2.10. The van der Waals surface area contributed by atoms with Crippen molar-refractivity contribution in [3.05, 3.63) is 66.1 Å². The summed E-state index contributed by atoms with van der Waals surface area (Å²) in [5.41, 5.74) is 2.50. The van der Waals surface area contributed by atoms with Crippen LogP contribution in [0.2, 0.25) is 0 Å². The van der Waals surface area contributed by atoms with Crippen molar-refractivity contribution in [3.8, 4) is 5.75 Å². The van der Waals surface area contributed by atoms with Crippen LogP contribution in [0.3, 0.4) is 0 Å². The molecule has 0 aliphatic rings. The molecule has 5 nitrogen and oxygen atoms in total. The van der Waals surface area contributed by atoms with Gasteiger partial charge in [-0.3, -0.25) is 0 Å². The first-order valence-electron chi connectivity index (χ1n) is 7.02. The summed E-state index contributed by atoms with van der Waals surface area (Å²) >= 11 is 0. The molecule has 0 spiro atoms. The molecule has 0 aliphatic carbocycles. The zero-order chi connectivity index (χ0) is 16.2. The van der Waals surface area contributed by atoms with Crippen molar-refractivity contribution >= 4 is 23.1 Å². The molecule has 2 aromatic carbocycles. The van der Waals surface area contributed by atoms with E-state index in [4.69, 9.17) is 0 Å². The molecule has 0 bridgehead atoms. The Labute approximate surface area is 132 Å². The summed E-state index contributed by atoms with van der Waals surface area (Å²) in [5.74, 6) is -0.0285. The zero-order valence-corrected chi connectivity index (χ0v) is 12.4. The van der Waals surface area contributed by atoms with E-state index in [1.165, 1.54) is 12.1 Å². The highest BCUT2D eigenvalue weighted by Gasteiger charge is 2.08. The normalized spacial score (nSPS) is 10.3. The molecule has 0 saturated carbocycles. The van der Waals surface area contributed by atoms with E-state index in [9.17, 15) is 9.50 Å². The summed E-state index contributed by atoms with van der Waals surface area (Å²) < 4.78 is 13.9. The van der Waals surface area contributed by atoms with Crippen LogP contribution >= 0.6 is 0 Å². The Hall–Kier alpha value is -3.15. The molecule has 3 N–H and O–H groups in total. The van der Waals surface area contributed by atoms with Crippen molar-refractivity contribution in [1.29, 1.82) is 0 Å². The van der Waals surface area contributed by atoms with E-state index < -0.39 is 5.82 Å². The Morgan fingerprint density at radius 1 is 1.00 bits per heavy atom. The highest BCUT2D eigenvalue weighted by atomic mass is 19.1. The highest BCUT2D eigenvalue weighted by molar-refractivity contribution is 5.60. The van der Waals surface area contributed by atoms with Gasteiger partial charge in [0.05, 0.1) is 6.20 Å². The fourth-order valence-electron chi connectivity index (χ4n) is 2.05. The lowest BCUT2D eigenvalue weighted by Crippen LogP contribution is -2.03. The van der Waals surface area contributed by atoms with Crippen molar-refractivity contribution in [3.63, 3.8) is 0 Å². The van der Waals surface area contributed by atoms with Gasteiger partial charge in [0.1, 0.15) is 5.75 Å². The van der Waals surface area contributed by atoms with Gasteiger partial charge in [-0.25, -0.2) is 9.37 Å². The van der Waals surface area contributed by atoms with E-state index in [0.717, 1.165) is 17.4 Å². The fourth-order valence-corrected chi connectivity index (χ4v) is 2.05. The number of phenols is 1. The van der Waals surface area contributed by atoms with Crippen LogP contribution in [0.1, 0.15) is 5.56 Å². The Morgan fingerprint density at radius 2 is 1.78 bits per heavy atom. The zero-order valence-electron chi connectivity index (χ0n) is 12.4. The Kier molecular flexibility index (Phi) is 4.05. The molecular weight excluding hydrogens is 295 g/mol. The minimum absolute atomic E-state index is 0.0897. The van der Waals surface area contributed by atoms with Gasteiger partial charge in [0.15, 0.2) is 11.6 Å². The number of benzene rings is 2. The first-order valence-corrected chi connectivity index (χ1v) is 7.02. The molecule has 0 saturated heterocycles. The number of hydrogen-bond acceptors (Lipinski definition) is 5. The van der Waals surface area contributed by atoms with Crippen LogP contribution in [0.4, 0.5) is 27.5 Å². The molecule has 3 rings (SSSR count). The van der Waals surface area contributed by atoms with Gasteiger partial charge in [0, 0.05) is 11.4 Å². The lowest BCUT2D eigenvalue weighted by molar-refractivity contribution is 0.475. The standard InChI is InChI=1S/C17H15FN4O/c1-11-3-2-4-13(9-11)20-16-15(18)10-19-17(22-16)21-12-5-7-14(23)8-6-12/h2-10,23H,1H3,(H2,19,20,21,22). The number of rotatable bonds is 4. The molecule has 1 aromatic heterocycles. The monoisotopic (exact) mass is 310 g/mol. The summed E-state index contributed by atoms with van der Waals surface area (Å²) in [6.07, 6.45) is 1.11. The molecule has 0 aliphatic heterocycles. The number of nitrogens with one attached hydrogen (secondary N) is 2. The molecule has 116 valence electrons. The van der Waals surface area contributed by atoms with Crippen LogP contribution in [-0.4, -0.2) is 15.1 Å². The quantitative estimate of drug-likeness (QED) is 0.632. The molecule has 0 radical (unpaired) electrons. The molecule has 1 heterocycles. The SMILES string of the molecule is Cc1cccc(Nc2nc(Nc3ccc(O)cc3)ncc2F)c1. The summed E-state index contributed by atoms with van der Waals surface area (Å²) in [6, 6.07) is 14.0. The maximum Gasteiger partial charge on any atom is 0.229 e. The first kappa shape index (κ1) is 14.8. The van der Waals surface area contributed by atoms with Gasteiger partial charge in [-0.05, 0) is 48.9 Å². The van der Waals surface area contributed by atoms with E-state index in [1.807, 2.05) is 31.2 Å². The molecule has 0 atom stereocenters. The molecule has 0 fully saturated rings. The fraction of sp³-hybridized carbons (Fsp3) is 0.0588. The Morgan fingerprint density at radius 3 is 2.52 bits per heavy atom. The van der Waals surface area contributed by atoms with Crippen LogP contribution in [-0.2, 0) is 0 Å². The second-order valence-corrected chi connectivity index (χ2v) is 5.06. The highest BCUT2D eigenvalue weighted by Crippen LogP contribution is 2.21. The second-order valence-electron chi connectivity index (χ2n) is 5.06. The van der Waals surface area contributed by atoms with E-state index in [0.29, 0.717) is 5.69 Å². The average molecular weight is 310 g/mol. The number of aromatic hydroxyl groups is 1. The lowest BCUT2D eigenvalue weighted by atomic mass is 10.2. The number of anilines is 4. The third-order valence-electron chi connectivity index (χ3n) is 3.15. The first-order chi connectivity index (χ1) is 11.1. The summed E-state index contributed by atoms with van der Waals surface area (Å²) in [6.45, 7) is 1.96. The van der Waals surface area contributed by atoms with Gasteiger partial charge in [-0.1, -0.05) is 12.1 Å². The van der Waals surface area contributed by atoms with Crippen molar-refractivity contribution in [2.45, 2.75) is 6.92 Å². The van der Waals surface area contributed by atoms with Crippen LogP contribution in [0, 0.1) is 12.7 Å². The van der Waals surface area contributed by atoms with E-state index in [1.54, 1.807) is 12.1 Å². The molecule has 6 heteroatoms. The predicted octanol–water partition coefficient (Wildman–Crippen LogP) is 4.12. The number of nitrogens with zero attached hydrogens (tertiary/aromatic N) is 2. The molecule has 3 aromatic rings. The number of phenolic OH excluding ortho intramolecular Hbond substituents is 1. The maximum atomic E-state index is 13.9. The number of aryl methyl sites for hydroxylation is 1. The summed E-state index contributed by atoms with van der Waals surface area (Å²) in [4.78, 5) is 8.06. The van der Waals surface area contributed by atoms with Gasteiger partial charge in [-0.2, -0.15) is 4.98 Å². The van der Waals surface area contributed by atoms with Gasteiger partial charge in [-0.15, -0.1) is 0 Å².